The molecule has 0 aliphatic rings. The quantitative estimate of drug-likeness (QED) is 0.735. The molecule has 4 nitrogen and oxygen atoms in total. The molecular weight excluding hydrogens is 317 g/mol. The number of carbonyl (C=O) groups is 1. The van der Waals surface area contributed by atoms with Crippen LogP contribution in [0.1, 0.15) is 21.5 Å². The van der Waals surface area contributed by atoms with Crippen LogP contribution in [0.5, 0.6) is 0 Å². The topological polar surface area (TPSA) is 54.0 Å². The zero-order valence-electron chi connectivity index (χ0n) is 13.8. The van der Waals surface area contributed by atoms with E-state index in [1.54, 1.807) is 24.4 Å². The van der Waals surface area contributed by atoms with Crippen molar-refractivity contribution in [2.45, 2.75) is 13.5 Å². The van der Waals surface area contributed by atoms with E-state index in [0.717, 1.165) is 16.8 Å². The van der Waals surface area contributed by atoms with E-state index in [2.05, 4.69) is 15.6 Å². The van der Waals surface area contributed by atoms with Gasteiger partial charge in [0.1, 0.15) is 5.82 Å². The van der Waals surface area contributed by atoms with Crippen LogP contribution in [0.25, 0.3) is 0 Å². The first kappa shape index (κ1) is 16.6. The van der Waals surface area contributed by atoms with Gasteiger partial charge >= 0.3 is 0 Å². The predicted molar refractivity (Wildman–Crippen MR) is 96.3 cm³/mol. The number of halogens is 1. The maximum atomic E-state index is 13.0. The molecule has 2 aromatic carbocycles. The van der Waals surface area contributed by atoms with E-state index in [0.29, 0.717) is 17.8 Å². The van der Waals surface area contributed by atoms with Crippen molar-refractivity contribution in [2.75, 3.05) is 5.32 Å². The molecule has 1 amide bonds. The zero-order chi connectivity index (χ0) is 17.6. The average Bonchev–Trinajstić information content (AvgIpc) is 2.62. The Balaban J connectivity index is 1.65. The van der Waals surface area contributed by atoms with Crippen molar-refractivity contribution in [3.63, 3.8) is 0 Å². The Bertz CT molecular complexity index is 878. The summed E-state index contributed by atoms with van der Waals surface area (Å²) in [5.74, 6) is -0.496. The number of aromatic nitrogens is 1. The minimum Gasteiger partial charge on any atom is -0.354 e. The van der Waals surface area contributed by atoms with Gasteiger partial charge < -0.3 is 10.6 Å². The highest BCUT2D eigenvalue weighted by atomic mass is 19.1. The first-order chi connectivity index (χ1) is 12.1. The predicted octanol–water partition coefficient (Wildman–Crippen LogP) is 4.20. The van der Waals surface area contributed by atoms with Gasteiger partial charge in [-0.05, 0) is 42.8 Å². The standard InChI is InChI=1S/C20H18FN3O/c1-14-3-2-4-15(9-14)11-23-20(25)16-10-19(13-22-12-16)24-18-7-5-17(21)6-8-18/h2-10,12-13,24H,11H2,1H3,(H,23,25). The number of aryl methyl sites for hydroxylation is 1. The smallest absolute Gasteiger partial charge is 0.253 e. The molecule has 1 aromatic heterocycles. The van der Waals surface area contributed by atoms with Crippen LogP contribution < -0.4 is 10.6 Å². The maximum absolute atomic E-state index is 13.0. The maximum Gasteiger partial charge on any atom is 0.253 e. The summed E-state index contributed by atoms with van der Waals surface area (Å²) in [7, 11) is 0. The third kappa shape index (κ3) is 4.64. The largest absolute Gasteiger partial charge is 0.354 e. The van der Waals surface area contributed by atoms with Gasteiger partial charge in [-0.25, -0.2) is 4.39 Å². The second-order valence-electron chi connectivity index (χ2n) is 5.77. The molecule has 0 fully saturated rings. The van der Waals surface area contributed by atoms with Gasteiger partial charge in [-0.15, -0.1) is 0 Å². The van der Waals surface area contributed by atoms with Gasteiger partial charge in [0, 0.05) is 18.4 Å². The zero-order valence-corrected chi connectivity index (χ0v) is 13.8. The number of benzene rings is 2. The Morgan fingerprint density at radius 2 is 1.84 bits per heavy atom. The first-order valence-electron chi connectivity index (χ1n) is 7.91. The van der Waals surface area contributed by atoms with Gasteiger partial charge in [-0.1, -0.05) is 29.8 Å². The molecular formula is C20H18FN3O. The third-order valence-electron chi connectivity index (χ3n) is 3.67. The molecule has 1 heterocycles. The van der Waals surface area contributed by atoms with Crippen LogP contribution in [0.15, 0.2) is 67.0 Å². The highest BCUT2D eigenvalue weighted by Crippen LogP contribution is 2.17. The number of carbonyl (C=O) groups excluding carboxylic acids is 1. The van der Waals surface area contributed by atoms with E-state index in [9.17, 15) is 9.18 Å². The Labute approximate surface area is 145 Å². The summed E-state index contributed by atoms with van der Waals surface area (Å²) in [4.78, 5) is 16.4. The Hall–Kier alpha value is -3.21. The molecule has 0 bridgehead atoms. The van der Waals surface area contributed by atoms with Crippen molar-refractivity contribution in [1.82, 2.24) is 10.3 Å². The normalized spacial score (nSPS) is 10.3. The van der Waals surface area contributed by atoms with Gasteiger partial charge in [0.2, 0.25) is 0 Å². The molecule has 0 radical (unpaired) electrons. The molecule has 0 aliphatic heterocycles. The lowest BCUT2D eigenvalue weighted by molar-refractivity contribution is 0.0950. The van der Waals surface area contributed by atoms with Crippen molar-refractivity contribution in [3.8, 4) is 0 Å². The van der Waals surface area contributed by atoms with E-state index in [-0.39, 0.29) is 11.7 Å². The lowest BCUT2D eigenvalue weighted by Crippen LogP contribution is -2.23. The van der Waals surface area contributed by atoms with Gasteiger partial charge in [0.05, 0.1) is 17.4 Å². The number of nitrogens with one attached hydrogen (secondary N) is 2. The Morgan fingerprint density at radius 1 is 1.04 bits per heavy atom. The summed E-state index contributed by atoms with van der Waals surface area (Å²) < 4.78 is 13.0. The molecule has 126 valence electrons. The molecule has 5 heteroatoms. The third-order valence-corrected chi connectivity index (χ3v) is 3.67. The van der Waals surface area contributed by atoms with E-state index in [4.69, 9.17) is 0 Å². The van der Waals surface area contributed by atoms with Crippen LogP contribution in [0.4, 0.5) is 15.8 Å². The number of hydrogen-bond donors (Lipinski definition) is 2. The van der Waals surface area contributed by atoms with E-state index < -0.39 is 0 Å². The monoisotopic (exact) mass is 335 g/mol. The van der Waals surface area contributed by atoms with Gasteiger partial charge in [0.25, 0.3) is 5.91 Å². The molecule has 25 heavy (non-hydrogen) atoms. The first-order valence-corrected chi connectivity index (χ1v) is 7.91. The van der Waals surface area contributed by atoms with E-state index in [1.165, 1.54) is 18.3 Å². The SMILES string of the molecule is Cc1cccc(CNC(=O)c2cncc(Nc3ccc(F)cc3)c2)c1. The minimum atomic E-state index is -0.298. The number of amides is 1. The van der Waals surface area contributed by atoms with Crippen molar-refractivity contribution in [3.05, 3.63) is 89.5 Å². The second-order valence-corrected chi connectivity index (χ2v) is 5.77. The second kappa shape index (κ2) is 7.57. The van der Waals surface area contributed by atoms with E-state index >= 15 is 0 Å². The molecule has 0 saturated carbocycles. The Morgan fingerprint density at radius 3 is 2.60 bits per heavy atom. The van der Waals surface area contributed by atoms with E-state index in [1.807, 2.05) is 31.2 Å². The van der Waals surface area contributed by atoms with Gasteiger partial charge in [-0.2, -0.15) is 0 Å². The lowest BCUT2D eigenvalue weighted by Gasteiger charge is -2.09. The highest BCUT2D eigenvalue weighted by Gasteiger charge is 2.07. The lowest BCUT2D eigenvalue weighted by atomic mass is 10.1. The average molecular weight is 335 g/mol. The van der Waals surface area contributed by atoms with Gasteiger partial charge in [0.15, 0.2) is 0 Å². The number of hydrogen-bond acceptors (Lipinski definition) is 3. The summed E-state index contributed by atoms with van der Waals surface area (Å²) in [5, 5.41) is 5.98. The number of rotatable bonds is 5. The highest BCUT2D eigenvalue weighted by molar-refractivity contribution is 5.94. The minimum absolute atomic E-state index is 0.197. The molecule has 0 spiro atoms. The van der Waals surface area contributed by atoms with Crippen LogP contribution in [-0.2, 0) is 6.54 Å². The Kier molecular flexibility index (Phi) is 5.04. The van der Waals surface area contributed by atoms with Crippen LogP contribution in [0.3, 0.4) is 0 Å². The fraction of sp³-hybridized carbons (Fsp3) is 0.100. The molecule has 0 aliphatic carbocycles. The molecule has 3 aromatic rings. The summed E-state index contributed by atoms with van der Waals surface area (Å²) in [6, 6.07) is 15.7. The van der Waals surface area contributed by atoms with Crippen molar-refractivity contribution < 1.29 is 9.18 Å². The summed E-state index contributed by atoms with van der Waals surface area (Å²) >= 11 is 0. The van der Waals surface area contributed by atoms with Crippen molar-refractivity contribution in [2.24, 2.45) is 0 Å². The number of pyridine rings is 1. The fourth-order valence-corrected chi connectivity index (χ4v) is 2.44. The van der Waals surface area contributed by atoms with Crippen molar-refractivity contribution >= 4 is 17.3 Å². The number of nitrogens with zero attached hydrogens (tertiary/aromatic N) is 1. The molecule has 3 rings (SSSR count). The van der Waals surface area contributed by atoms with Crippen molar-refractivity contribution in [1.29, 1.82) is 0 Å². The van der Waals surface area contributed by atoms with Gasteiger partial charge in [-0.3, -0.25) is 9.78 Å². The van der Waals surface area contributed by atoms with Crippen LogP contribution >= 0.6 is 0 Å². The molecule has 0 atom stereocenters. The summed E-state index contributed by atoms with van der Waals surface area (Å²) in [6.45, 7) is 2.47. The summed E-state index contributed by atoms with van der Waals surface area (Å²) in [6.07, 6.45) is 3.13. The molecule has 0 saturated heterocycles. The van der Waals surface area contributed by atoms with Crippen LogP contribution in [-0.4, -0.2) is 10.9 Å². The fourth-order valence-electron chi connectivity index (χ4n) is 2.44. The van der Waals surface area contributed by atoms with Crippen LogP contribution in [0, 0.1) is 12.7 Å². The summed E-state index contributed by atoms with van der Waals surface area (Å²) in [5.41, 5.74) is 4.04. The number of anilines is 2. The molecule has 0 unspecified atom stereocenters. The van der Waals surface area contributed by atoms with Crippen LogP contribution in [0.2, 0.25) is 0 Å². The molecule has 2 N–H and O–H groups in total.